The maximum atomic E-state index is 13.3. The third kappa shape index (κ3) is 3.57. The van der Waals surface area contributed by atoms with E-state index in [0.717, 1.165) is 5.69 Å². The van der Waals surface area contributed by atoms with Crippen molar-refractivity contribution in [3.05, 3.63) is 40.7 Å². The number of thiazole rings is 1. The van der Waals surface area contributed by atoms with E-state index in [1.807, 2.05) is 5.38 Å². The second-order valence-corrected chi connectivity index (χ2v) is 5.79. The van der Waals surface area contributed by atoms with Crippen LogP contribution in [0, 0.1) is 12.7 Å². The summed E-state index contributed by atoms with van der Waals surface area (Å²) < 4.78 is 13.3. The summed E-state index contributed by atoms with van der Waals surface area (Å²) in [5.74, 6) is -0.0155. The Kier molecular flexibility index (Phi) is 4.11. The van der Waals surface area contributed by atoms with E-state index in [0.29, 0.717) is 28.6 Å². The quantitative estimate of drug-likeness (QED) is 0.792. The lowest BCUT2D eigenvalue weighted by atomic mass is 10.1. The van der Waals surface area contributed by atoms with Crippen LogP contribution in [-0.4, -0.2) is 31.1 Å². The molecule has 0 saturated heterocycles. The molecule has 0 aliphatic carbocycles. The molecule has 0 spiro atoms. The zero-order chi connectivity index (χ0) is 16.4. The van der Waals surface area contributed by atoms with Crippen LogP contribution in [0.4, 0.5) is 9.52 Å². The smallest absolute Gasteiger partial charge is 0.223 e. The van der Waals surface area contributed by atoms with Crippen LogP contribution in [0.5, 0.6) is 0 Å². The zero-order valence-electron chi connectivity index (χ0n) is 12.4. The molecule has 0 aliphatic heterocycles. The van der Waals surface area contributed by atoms with Crippen molar-refractivity contribution in [2.45, 2.75) is 20.4 Å². The Morgan fingerprint density at radius 2 is 2.26 bits per heavy atom. The van der Waals surface area contributed by atoms with Gasteiger partial charge in [-0.05, 0) is 35.9 Å². The van der Waals surface area contributed by atoms with Crippen molar-refractivity contribution in [3.63, 3.8) is 0 Å². The van der Waals surface area contributed by atoms with Crippen LogP contribution in [0.25, 0.3) is 11.4 Å². The van der Waals surface area contributed by atoms with Gasteiger partial charge in [0.05, 0.1) is 5.69 Å². The molecule has 2 heterocycles. The van der Waals surface area contributed by atoms with Crippen molar-refractivity contribution in [2.75, 3.05) is 5.32 Å². The van der Waals surface area contributed by atoms with Gasteiger partial charge in [-0.3, -0.25) is 4.79 Å². The molecular weight excluding hydrogens is 319 g/mol. The summed E-state index contributed by atoms with van der Waals surface area (Å²) >= 11 is 1.33. The number of rotatable bonds is 4. The number of aromatic nitrogens is 5. The average molecular weight is 332 g/mol. The summed E-state index contributed by atoms with van der Waals surface area (Å²) in [5, 5.41) is 17.2. The highest BCUT2D eigenvalue weighted by molar-refractivity contribution is 7.13. The van der Waals surface area contributed by atoms with Crippen molar-refractivity contribution < 1.29 is 9.18 Å². The Morgan fingerprint density at radius 1 is 1.43 bits per heavy atom. The summed E-state index contributed by atoms with van der Waals surface area (Å²) in [7, 11) is 0. The van der Waals surface area contributed by atoms with Gasteiger partial charge in [0.15, 0.2) is 5.13 Å². The number of hydrogen-bond acceptors (Lipinski definition) is 6. The Hall–Kier alpha value is -2.68. The number of benzene rings is 1. The molecule has 7 nitrogen and oxygen atoms in total. The van der Waals surface area contributed by atoms with Crippen LogP contribution < -0.4 is 5.32 Å². The fourth-order valence-corrected chi connectivity index (χ4v) is 2.69. The van der Waals surface area contributed by atoms with Gasteiger partial charge in [0.1, 0.15) is 12.4 Å². The molecular formula is C14H13FN6OS. The van der Waals surface area contributed by atoms with Gasteiger partial charge in [0.2, 0.25) is 11.7 Å². The maximum Gasteiger partial charge on any atom is 0.223 e. The third-order valence-corrected chi connectivity index (χ3v) is 3.81. The molecule has 118 valence electrons. The molecule has 0 atom stereocenters. The minimum atomic E-state index is -0.269. The second kappa shape index (κ2) is 6.21. The third-order valence-electron chi connectivity index (χ3n) is 3.01. The highest BCUT2D eigenvalue weighted by Gasteiger charge is 2.10. The Labute approximate surface area is 135 Å². The number of hydrogen-bond donors (Lipinski definition) is 1. The molecule has 0 unspecified atom stereocenters. The first-order valence-corrected chi connectivity index (χ1v) is 7.65. The Morgan fingerprint density at radius 3 is 3.00 bits per heavy atom. The lowest BCUT2D eigenvalue weighted by Gasteiger charge is -1.98. The van der Waals surface area contributed by atoms with Gasteiger partial charge in [-0.25, -0.2) is 9.37 Å². The predicted octanol–water partition coefficient (Wildman–Crippen LogP) is 2.25. The molecule has 1 amide bonds. The highest BCUT2D eigenvalue weighted by Crippen LogP contribution is 2.18. The van der Waals surface area contributed by atoms with Crippen molar-refractivity contribution >= 4 is 22.4 Å². The predicted molar refractivity (Wildman–Crippen MR) is 83.5 cm³/mol. The molecule has 1 aromatic carbocycles. The summed E-state index contributed by atoms with van der Waals surface area (Å²) in [6.07, 6.45) is 0. The molecule has 9 heteroatoms. The first-order valence-electron chi connectivity index (χ1n) is 6.77. The SMILES string of the molecule is CC(=O)Nc1nc(Cn2nnc(-c3ccc(F)c(C)c3)n2)cs1. The minimum Gasteiger partial charge on any atom is -0.302 e. The number of carbonyl (C=O) groups is 1. The fraction of sp³-hybridized carbons (Fsp3) is 0.214. The van der Waals surface area contributed by atoms with Gasteiger partial charge in [0, 0.05) is 17.9 Å². The van der Waals surface area contributed by atoms with E-state index >= 15 is 0 Å². The summed E-state index contributed by atoms with van der Waals surface area (Å²) in [5.41, 5.74) is 1.95. The number of aryl methyl sites for hydroxylation is 1. The van der Waals surface area contributed by atoms with E-state index in [-0.39, 0.29) is 11.7 Å². The van der Waals surface area contributed by atoms with E-state index in [9.17, 15) is 9.18 Å². The van der Waals surface area contributed by atoms with E-state index in [4.69, 9.17) is 0 Å². The minimum absolute atomic E-state index is 0.168. The molecule has 1 N–H and O–H groups in total. The fourth-order valence-electron chi connectivity index (χ4n) is 1.94. The van der Waals surface area contributed by atoms with E-state index in [1.54, 1.807) is 19.1 Å². The molecule has 0 aliphatic rings. The first kappa shape index (κ1) is 15.2. The number of anilines is 1. The van der Waals surface area contributed by atoms with Gasteiger partial charge >= 0.3 is 0 Å². The Balaban J connectivity index is 1.75. The van der Waals surface area contributed by atoms with Crippen LogP contribution in [0.3, 0.4) is 0 Å². The molecule has 2 aromatic heterocycles. The molecule has 3 rings (SSSR count). The van der Waals surface area contributed by atoms with Crippen LogP contribution in [0.15, 0.2) is 23.6 Å². The lowest BCUT2D eigenvalue weighted by Crippen LogP contribution is -2.07. The average Bonchev–Trinajstić information content (AvgIpc) is 3.12. The lowest BCUT2D eigenvalue weighted by molar-refractivity contribution is -0.114. The van der Waals surface area contributed by atoms with E-state index in [1.165, 1.54) is 29.1 Å². The van der Waals surface area contributed by atoms with Crippen LogP contribution in [0.1, 0.15) is 18.2 Å². The molecule has 0 fully saturated rings. The number of nitrogens with one attached hydrogen (secondary N) is 1. The normalized spacial score (nSPS) is 10.7. The first-order chi connectivity index (χ1) is 11.0. The molecule has 0 saturated carbocycles. The monoisotopic (exact) mass is 332 g/mol. The van der Waals surface area contributed by atoms with Gasteiger partial charge in [0.25, 0.3) is 0 Å². The number of carbonyl (C=O) groups excluding carboxylic acids is 1. The number of halogens is 1. The standard InChI is InChI=1S/C14H13FN6OS/c1-8-5-10(3-4-12(8)15)13-18-20-21(19-13)6-11-7-23-14(17-11)16-9(2)22/h3-5,7H,6H2,1-2H3,(H,16,17,22). The number of nitrogens with zero attached hydrogens (tertiary/aromatic N) is 5. The molecule has 23 heavy (non-hydrogen) atoms. The van der Waals surface area contributed by atoms with Crippen molar-refractivity contribution in [1.82, 2.24) is 25.2 Å². The number of amides is 1. The summed E-state index contributed by atoms with van der Waals surface area (Å²) in [6.45, 7) is 3.45. The maximum absolute atomic E-state index is 13.3. The van der Waals surface area contributed by atoms with Crippen molar-refractivity contribution in [2.24, 2.45) is 0 Å². The molecule has 0 bridgehead atoms. The van der Waals surface area contributed by atoms with E-state index < -0.39 is 0 Å². The van der Waals surface area contributed by atoms with Crippen LogP contribution in [-0.2, 0) is 11.3 Å². The number of tetrazole rings is 1. The highest BCUT2D eigenvalue weighted by atomic mass is 32.1. The van der Waals surface area contributed by atoms with Gasteiger partial charge in [-0.1, -0.05) is 0 Å². The Bertz CT molecular complexity index is 859. The van der Waals surface area contributed by atoms with E-state index in [2.05, 4.69) is 25.7 Å². The topological polar surface area (TPSA) is 85.6 Å². The summed E-state index contributed by atoms with van der Waals surface area (Å²) in [6, 6.07) is 4.67. The largest absolute Gasteiger partial charge is 0.302 e. The molecule has 0 radical (unpaired) electrons. The van der Waals surface area contributed by atoms with Gasteiger partial charge in [-0.15, -0.1) is 21.5 Å². The second-order valence-electron chi connectivity index (χ2n) is 4.93. The van der Waals surface area contributed by atoms with Crippen LogP contribution >= 0.6 is 11.3 Å². The van der Waals surface area contributed by atoms with Crippen LogP contribution in [0.2, 0.25) is 0 Å². The van der Waals surface area contributed by atoms with Crippen molar-refractivity contribution in [1.29, 1.82) is 0 Å². The van der Waals surface area contributed by atoms with Gasteiger partial charge < -0.3 is 5.32 Å². The molecule has 3 aromatic rings. The van der Waals surface area contributed by atoms with Crippen molar-refractivity contribution in [3.8, 4) is 11.4 Å². The van der Waals surface area contributed by atoms with Gasteiger partial charge in [-0.2, -0.15) is 4.80 Å². The summed E-state index contributed by atoms with van der Waals surface area (Å²) in [4.78, 5) is 16.6. The zero-order valence-corrected chi connectivity index (χ0v) is 13.3.